The highest BCUT2D eigenvalue weighted by atomic mass is 16.3. The van der Waals surface area contributed by atoms with Gasteiger partial charge in [0.05, 0.1) is 22.2 Å². The summed E-state index contributed by atoms with van der Waals surface area (Å²) in [5, 5.41) is 9.51. The van der Waals surface area contributed by atoms with Crippen LogP contribution in [-0.4, -0.2) is 9.51 Å². The normalized spacial score (nSPS) is 11.7. The molecule has 0 bridgehead atoms. The zero-order valence-corrected chi connectivity index (χ0v) is 11.8. The predicted octanol–water partition coefficient (Wildman–Crippen LogP) is 4.05. The van der Waals surface area contributed by atoms with Gasteiger partial charge in [-0.15, -0.1) is 0 Å². The van der Waals surface area contributed by atoms with Crippen LogP contribution in [0, 0.1) is 0 Å². The van der Waals surface area contributed by atoms with Gasteiger partial charge in [-0.25, -0.2) is 0 Å². The average Bonchev–Trinajstić information content (AvgIpc) is 3.05. The highest BCUT2D eigenvalue weighted by Crippen LogP contribution is 2.38. The van der Waals surface area contributed by atoms with Gasteiger partial charge in [-0.1, -0.05) is 19.1 Å². The molecular weight excluding hydrogens is 260 g/mol. The lowest BCUT2D eigenvalue weighted by atomic mass is 10.00. The van der Waals surface area contributed by atoms with E-state index in [0.29, 0.717) is 0 Å². The van der Waals surface area contributed by atoms with E-state index in [4.69, 9.17) is 5.73 Å². The number of nitrogen functional groups attached to an aromatic ring is 1. The quantitative estimate of drug-likeness (QED) is 0.580. The van der Waals surface area contributed by atoms with Gasteiger partial charge in [0.15, 0.2) is 0 Å². The summed E-state index contributed by atoms with van der Waals surface area (Å²) in [7, 11) is 0. The first kappa shape index (κ1) is 12.1. The molecular formula is C18H16N2O. The number of nitrogens with two attached hydrogens (primary N) is 1. The van der Waals surface area contributed by atoms with E-state index in [0.717, 1.165) is 23.2 Å². The molecule has 0 amide bonds. The molecule has 0 radical (unpaired) electrons. The third-order valence-corrected chi connectivity index (χ3v) is 4.21. The van der Waals surface area contributed by atoms with Gasteiger partial charge in [-0.3, -0.25) is 0 Å². The van der Waals surface area contributed by atoms with Crippen LogP contribution in [0.2, 0.25) is 0 Å². The molecule has 3 N–H and O–H groups in total. The first-order chi connectivity index (χ1) is 10.2. The number of aromatic nitrogens is 1. The second-order valence-electron chi connectivity index (χ2n) is 5.37. The Labute approximate surface area is 122 Å². The number of nitrogens with zero attached hydrogens (tertiary/aromatic N) is 1. The number of phenols is 1. The van der Waals surface area contributed by atoms with Crippen molar-refractivity contribution in [2.75, 3.05) is 5.73 Å². The number of hydrogen-bond donors (Lipinski definition) is 2. The molecule has 4 aromatic rings. The second kappa shape index (κ2) is 4.16. The second-order valence-corrected chi connectivity index (χ2v) is 5.37. The predicted molar refractivity (Wildman–Crippen MR) is 87.0 cm³/mol. The van der Waals surface area contributed by atoms with Crippen molar-refractivity contribution in [3.05, 3.63) is 54.1 Å². The molecule has 0 aliphatic carbocycles. The summed E-state index contributed by atoms with van der Waals surface area (Å²) in [6, 6.07) is 15.7. The van der Waals surface area contributed by atoms with Gasteiger partial charge in [0, 0.05) is 5.56 Å². The molecule has 0 saturated carbocycles. The first-order valence-electron chi connectivity index (χ1n) is 7.14. The maximum atomic E-state index is 9.51. The van der Waals surface area contributed by atoms with Gasteiger partial charge in [0.25, 0.3) is 0 Å². The summed E-state index contributed by atoms with van der Waals surface area (Å²) in [5.41, 5.74) is 14.0. The van der Waals surface area contributed by atoms with E-state index in [1.165, 1.54) is 22.2 Å². The number of hydrogen-bond acceptors (Lipinski definition) is 2. The van der Waals surface area contributed by atoms with E-state index in [2.05, 4.69) is 29.5 Å². The SMILES string of the molecule is CCc1c(-c2ccc(O)cc2)c2ccc3c(N)ccc1n32. The van der Waals surface area contributed by atoms with Crippen LogP contribution < -0.4 is 5.73 Å². The van der Waals surface area contributed by atoms with Crippen molar-refractivity contribution >= 4 is 22.2 Å². The fourth-order valence-corrected chi connectivity index (χ4v) is 3.27. The van der Waals surface area contributed by atoms with Crippen LogP contribution in [0.3, 0.4) is 0 Å². The summed E-state index contributed by atoms with van der Waals surface area (Å²) < 4.78 is 2.23. The lowest BCUT2D eigenvalue weighted by Crippen LogP contribution is -1.91. The van der Waals surface area contributed by atoms with Crippen LogP contribution in [-0.2, 0) is 6.42 Å². The molecule has 3 aromatic heterocycles. The van der Waals surface area contributed by atoms with Gasteiger partial charge < -0.3 is 15.2 Å². The Morgan fingerprint density at radius 3 is 2.29 bits per heavy atom. The third kappa shape index (κ3) is 1.54. The number of aryl methyl sites for hydroxylation is 1. The van der Waals surface area contributed by atoms with E-state index in [1.54, 1.807) is 12.1 Å². The molecule has 0 saturated heterocycles. The van der Waals surface area contributed by atoms with Gasteiger partial charge in [0.1, 0.15) is 5.75 Å². The zero-order valence-electron chi connectivity index (χ0n) is 11.8. The molecule has 3 nitrogen and oxygen atoms in total. The molecule has 1 aromatic carbocycles. The molecule has 0 aliphatic rings. The van der Waals surface area contributed by atoms with E-state index in [9.17, 15) is 5.11 Å². The summed E-state index contributed by atoms with van der Waals surface area (Å²) in [4.78, 5) is 0. The number of phenolic OH excluding ortho intramolecular Hbond substituents is 1. The molecule has 0 unspecified atom stereocenters. The van der Waals surface area contributed by atoms with Crippen molar-refractivity contribution in [2.24, 2.45) is 0 Å². The minimum absolute atomic E-state index is 0.289. The Bertz CT molecular complexity index is 935. The molecule has 0 fully saturated rings. The lowest BCUT2D eigenvalue weighted by Gasteiger charge is -2.04. The van der Waals surface area contributed by atoms with E-state index >= 15 is 0 Å². The van der Waals surface area contributed by atoms with Crippen LogP contribution in [0.4, 0.5) is 5.69 Å². The Hall–Kier alpha value is -2.68. The zero-order chi connectivity index (χ0) is 14.6. The smallest absolute Gasteiger partial charge is 0.115 e. The van der Waals surface area contributed by atoms with Crippen LogP contribution >= 0.6 is 0 Å². The van der Waals surface area contributed by atoms with Crippen LogP contribution in [0.5, 0.6) is 5.75 Å². The van der Waals surface area contributed by atoms with Crippen molar-refractivity contribution in [1.82, 2.24) is 4.40 Å². The highest BCUT2D eigenvalue weighted by molar-refractivity contribution is 5.97. The molecule has 3 heteroatoms. The summed E-state index contributed by atoms with van der Waals surface area (Å²) in [6.45, 7) is 2.17. The Kier molecular flexibility index (Phi) is 2.39. The van der Waals surface area contributed by atoms with E-state index in [1.807, 2.05) is 18.2 Å². The summed E-state index contributed by atoms with van der Waals surface area (Å²) in [6.07, 6.45) is 0.955. The van der Waals surface area contributed by atoms with Crippen molar-refractivity contribution < 1.29 is 5.11 Å². The number of pyridine rings is 1. The Morgan fingerprint density at radius 1 is 0.905 bits per heavy atom. The summed E-state index contributed by atoms with van der Waals surface area (Å²) >= 11 is 0. The highest BCUT2D eigenvalue weighted by Gasteiger charge is 2.18. The molecule has 0 atom stereocenters. The fourth-order valence-electron chi connectivity index (χ4n) is 3.27. The topological polar surface area (TPSA) is 50.7 Å². The van der Waals surface area contributed by atoms with Gasteiger partial charge in [-0.2, -0.15) is 0 Å². The number of aromatic hydroxyl groups is 1. The van der Waals surface area contributed by atoms with Crippen molar-refractivity contribution in [3.8, 4) is 16.9 Å². The third-order valence-electron chi connectivity index (χ3n) is 4.21. The molecule has 0 spiro atoms. The molecule has 104 valence electrons. The van der Waals surface area contributed by atoms with Crippen molar-refractivity contribution in [3.63, 3.8) is 0 Å². The molecule has 3 heterocycles. The summed E-state index contributed by atoms with van der Waals surface area (Å²) in [5.74, 6) is 0.289. The maximum Gasteiger partial charge on any atom is 0.115 e. The monoisotopic (exact) mass is 276 g/mol. The largest absolute Gasteiger partial charge is 0.508 e. The number of benzene rings is 1. The van der Waals surface area contributed by atoms with Crippen LogP contribution in [0.1, 0.15) is 12.5 Å². The van der Waals surface area contributed by atoms with Crippen LogP contribution in [0.25, 0.3) is 27.7 Å². The van der Waals surface area contributed by atoms with Gasteiger partial charge >= 0.3 is 0 Å². The minimum Gasteiger partial charge on any atom is -0.508 e. The van der Waals surface area contributed by atoms with E-state index < -0.39 is 0 Å². The Balaban J connectivity index is 2.15. The molecule has 21 heavy (non-hydrogen) atoms. The van der Waals surface area contributed by atoms with Crippen molar-refractivity contribution in [1.29, 1.82) is 0 Å². The molecule has 4 rings (SSSR count). The van der Waals surface area contributed by atoms with E-state index in [-0.39, 0.29) is 5.75 Å². The number of anilines is 1. The van der Waals surface area contributed by atoms with Gasteiger partial charge in [-0.05, 0) is 53.9 Å². The average molecular weight is 276 g/mol. The first-order valence-corrected chi connectivity index (χ1v) is 7.14. The minimum atomic E-state index is 0.289. The Morgan fingerprint density at radius 2 is 1.57 bits per heavy atom. The van der Waals surface area contributed by atoms with Gasteiger partial charge in [0.2, 0.25) is 0 Å². The fraction of sp³-hybridized carbons (Fsp3) is 0.111. The lowest BCUT2D eigenvalue weighted by molar-refractivity contribution is 0.475. The standard InChI is InChI=1S/C18H16N2O/c1-2-13-15-8-7-14(19)16-9-10-17(20(15)16)18(13)11-3-5-12(21)6-4-11/h3-10,21H,2,19H2,1H3. The number of rotatable bonds is 2. The molecule has 0 aliphatic heterocycles. The van der Waals surface area contributed by atoms with Crippen LogP contribution in [0.15, 0.2) is 48.5 Å². The maximum absolute atomic E-state index is 9.51. The van der Waals surface area contributed by atoms with Crippen molar-refractivity contribution in [2.45, 2.75) is 13.3 Å².